The van der Waals surface area contributed by atoms with E-state index in [1.54, 1.807) is 0 Å². The highest BCUT2D eigenvalue weighted by Crippen LogP contribution is 2.20. The zero-order valence-corrected chi connectivity index (χ0v) is 7.89. The zero-order valence-electron chi connectivity index (χ0n) is 7.89. The van der Waals surface area contributed by atoms with E-state index in [4.69, 9.17) is 5.73 Å². The highest BCUT2D eigenvalue weighted by Gasteiger charge is 2.03. The van der Waals surface area contributed by atoms with E-state index in [-0.39, 0.29) is 5.82 Å². The summed E-state index contributed by atoms with van der Waals surface area (Å²) in [4.78, 5) is 3.06. The fourth-order valence-corrected chi connectivity index (χ4v) is 1.66. The molecule has 14 heavy (non-hydrogen) atoms. The van der Waals surface area contributed by atoms with Gasteiger partial charge in [-0.2, -0.15) is 0 Å². The van der Waals surface area contributed by atoms with Crippen LogP contribution in [0.5, 0.6) is 0 Å². The Kier molecular flexibility index (Phi) is 2.50. The number of benzene rings is 1. The maximum atomic E-state index is 12.9. The van der Waals surface area contributed by atoms with Crippen LogP contribution in [0.1, 0.15) is 12.0 Å². The van der Waals surface area contributed by atoms with Crippen LogP contribution in [0.3, 0.4) is 0 Å². The molecule has 3 N–H and O–H groups in total. The van der Waals surface area contributed by atoms with Crippen LogP contribution in [0.4, 0.5) is 4.39 Å². The van der Waals surface area contributed by atoms with Gasteiger partial charge in [-0.15, -0.1) is 0 Å². The first-order valence-electron chi connectivity index (χ1n) is 4.77. The largest absolute Gasteiger partial charge is 0.361 e. The molecular weight excluding hydrogens is 179 g/mol. The van der Waals surface area contributed by atoms with Crippen molar-refractivity contribution in [2.45, 2.75) is 12.8 Å². The second-order valence-electron chi connectivity index (χ2n) is 3.40. The molecule has 0 spiro atoms. The Bertz CT molecular complexity index is 434. The molecular formula is C11H13FN2. The van der Waals surface area contributed by atoms with E-state index in [0.29, 0.717) is 6.54 Å². The average Bonchev–Trinajstić information content (AvgIpc) is 2.57. The third kappa shape index (κ3) is 1.63. The Morgan fingerprint density at radius 1 is 1.36 bits per heavy atom. The van der Waals surface area contributed by atoms with Gasteiger partial charge in [0.25, 0.3) is 0 Å². The fraction of sp³-hybridized carbons (Fsp3) is 0.273. The van der Waals surface area contributed by atoms with E-state index in [0.717, 1.165) is 23.7 Å². The molecule has 0 amide bonds. The number of aromatic amines is 1. The number of aryl methyl sites for hydroxylation is 1. The molecule has 1 heterocycles. The Labute approximate surface area is 81.9 Å². The number of H-pyrrole nitrogens is 1. The highest BCUT2D eigenvalue weighted by molar-refractivity contribution is 5.83. The minimum atomic E-state index is -0.204. The predicted molar refractivity (Wildman–Crippen MR) is 55.6 cm³/mol. The maximum Gasteiger partial charge on any atom is 0.125 e. The summed E-state index contributed by atoms with van der Waals surface area (Å²) >= 11 is 0. The summed E-state index contributed by atoms with van der Waals surface area (Å²) in [5.74, 6) is -0.204. The van der Waals surface area contributed by atoms with Gasteiger partial charge in [0.1, 0.15) is 5.82 Å². The number of aromatic nitrogens is 1. The van der Waals surface area contributed by atoms with Gasteiger partial charge in [-0.3, -0.25) is 0 Å². The van der Waals surface area contributed by atoms with E-state index in [1.165, 1.54) is 17.7 Å². The monoisotopic (exact) mass is 192 g/mol. The van der Waals surface area contributed by atoms with Crippen LogP contribution in [0, 0.1) is 5.82 Å². The van der Waals surface area contributed by atoms with E-state index in [2.05, 4.69) is 4.98 Å². The summed E-state index contributed by atoms with van der Waals surface area (Å²) in [5.41, 5.74) is 7.51. The SMILES string of the molecule is NCCCc1c[nH]c2cc(F)ccc12. The second-order valence-corrected chi connectivity index (χ2v) is 3.40. The van der Waals surface area contributed by atoms with Crippen molar-refractivity contribution in [3.8, 4) is 0 Å². The molecule has 0 saturated heterocycles. The lowest BCUT2D eigenvalue weighted by atomic mass is 10.1. The van der Waals surface area contributed by atoms with Crippen molar-refractivity contribution in [3.63, 3.8) is 0 Å². The van der Waals surface area contributed by atoms with Crippen molar-refractivity contribution in [1.82, 2.24) is 4.98 Å². The molecule has 0 aliphatic carbocycles. The van der Waals surface area contributed by atoms with Crippen LogP contribution in [-0.2, 0) is 6.42 Å². The molecule has 2 rings (SSSR count). The Morgan fingerprint density at radius 2 is 2.21 bits per heavy atom. The molecule has 3 heteroatoms. The number of halogens is 1. The molecule has 2 aromatic rings. The fourth-order valence-electron chi connectivity index (χ4n) is 1.66. The number of rotatable bonds is 3. The molecule has 0 aliphatic rings. The molecule has 0 unspecified atom stereocenters. The van der Waals surface area contributed by atoms with Crippen molar-refractivity contribution in [3.05, 3.63) is 35.8 Å². The molecule has 0 atom stereocenters. The van der Waals surface area contributed by atoms with Crippen molar-refractivity contribution < 1.29 is 4.39 Å². The molecule has 0 saturated carbocycles. The van der Waals surface area contributed by atoms with E-state index in [1.807, 2.05) is 12.3 Å². The van der Waals surface area contributed by atoms with Gasteiger partial charge < -0.3 is 10.7 Å². The van der Waals surface area contributed by atoms with E-state index in [9.17, 15) is 4.39 Å². The standard InChI is InChI=1S/C11H13FN2/c12-9-3-4-10-8(2-1-5-13)7-14-11(10)6-9/h3-4,6-7,14H,1-2,5,13H2. The van der Waals surface area contributed by atoms with Gasteiger partial charge >= 0.3 is 0 Å². The van der Waals surface area contributed by atoms with Crippen molar-refractivity contribution in [2.75, 3.05) is 6.54 Å². The van der Waals surface area contributed by atoms with Crippen LogP contribution >= 0.6 is 0 Å². The van der Waals surface area contributed by atoms with Crippen molar-refractivity contribution >= 4 is 10.9 Å². The van der Waals surface area contributed by atoms with Gasteiger partial charge in [-0.25, -0.2) is 4.39 Å². The Balaban J connectivity index is 2.37. The van der Waals surface area contributed by atoms with Gasteiger partial charge in [0.05, 0.1) is 0 Å². The summed E-state index contributed by atoms with van der Waals surface area (Å²) in [6.07, 6.45) is 3.84. The molecule has 74 valence electrons. The predicted octanol–water partition coefficient (Wildman–Crippen LogP) is 2.20. The number of nitrogens with two attached hydrogens (primary N) is 1. The molecule has 2 nitrogen and oxygen atoms in total. The quantitative estimate of drug-likeness (QED) is 0.769. The lowest BCUT2D eigenvalue weighted by molar-refractivity contribution is 0.629. The third-order valence-electron chi connectivity index (χ3n) is 2.38. The van der Waals surface area contributed by atoms with E-state index < -0.39 is 0 Å². The summed E-state index contributed by atoms with van der Waals surface area (Å²) < 4.78 is 12.9. The Morgan fingerprint density at radius 3 is 3.00 bits per heavy atom. The van der Waals surface area contributed by atoms with Crippen LogP contribution in [0.25, 0.3) is 10.9 Å². The summed E-state index contributed by atoms with van der Waals surface area (Å²) in [5, 5.41) is 1.10. The maximum absolute atomic E-state index is 12.9. The third-order valence-corrected chi connectivity index (χ3v) is 2.38. The molecule has 0 bridgehead atoms. The minimum Gasteiger partial charge on any atom is -0.361 e. The Hall–Kier alpha value is -1.35. The second kappa shape index (κ2) is 3.80. The number of fused-ring (bicyclic) bond motifs is 1. The minimum absolute atomic E-state index is 0.204. The molecule has 1 aromatic carbocycles. The van der Waals surface area contributed by atoms with Gasteiger partial charge in [-0.1, -0.05) is 0 Å². The average molecular weight is 192 g/mol. The number of hydrogen-bond donors (Lipinski definition) is 2. The summed E-state index contributed by atoms with van der Waals surface area (Å²) in [7, 11) is 0. The van der Waals surface area contributed by atoms with Crippen molar-refractivity contribution in [1.29, 1.82) is 0 Å². The normalized spacial score (nSPS) is 11.0. The van der Waals surface area contributed by atoms with Gasteiger partial charge in [0, 0.05) is 17.1 Å². The molecule has 0 aliphatic heterocycles. The summed E-state index contributed by atoms with van der Waals surface area (Å²) in [6.45, 7) is 0.688. The lowest BCUT2D eigenvalue weighted by Gasteiger charge is -1.96. The van der Waals surface area contributed by atoms with Gasteiger partial charge in [-0.05, 0) is 43.1 Å². The zero-order chi connectivity index (χ0) is 9.97. The number of hydrogen-bond acceptors (Lipinski definition) is 1. The number of nitrogens with one attached hydrogen (secondary N) is 1. The lowest BCUT2D eigenvalue weighted by Crippen LogP contribution is -1.99. The topological polar surface area (TPSA) is 41.8 Å². The van der Waals surface area contributed by atoms with Crippen LogP contribution in [-0.4, -0.2) is 11.5 Å². The van der Waals surface area contributed by atoms with E-state index >= 15 is 0 Å². The first-order valence-corrected chi connectivity index (χ1v) is 4.77. The molecule has 1 aromatic heterocycles. The van der Waals surface area contributed by atoms with Crippen LogP contribution < -0.4 is 5.73 Å². The van der Waals surface area contributed by atoms with Crippen LogP contribution in [0.15, 0.2) is 24.4 Å². The van der Waals surface area contributed by atoms with Crippen molar-refractivity contribution in [2.24, 2.45) is 5.73 Å². The molecule has 0 fully saturated rings. The van der Waals surface area contributed by atoms with Gasteiger partial charge in [0.15, 0.2) is 0 Å². The first kappa shape index (κ1) is 9.21. The highest BCUT2D eigenvalue weighted by atomic mass is 19.1. The van der Waals surface area contributed by atoms with Crippen LogP contribution in [0.2, 0.25) is 0 Å². The summed E-state index contributed by atoms with van der Waals surface area (Å²) in [6, 6.07) is 4.82. The smallest absolute Gasteiger partial charge is 0.125 e. The van der Waals surface area contributed by atoms with Gasteiger partial charge in [0.2, 0.25) is 0 Å². The first-order chi connectivity index (χ1) is 6.81. The molecule has 0 radical (unpaired) electrons.